The Balaban J connectivity index is 1.55. The molecule has 0 amide bonds. The fourth-order valence-corrected chi connectivity index (χ4v) is 3.12. The molecule has 0 radical (unpaired) electrons. The van der Waals surface area contributed by atoms with Gasteiger partial charge in [0, 0.05) is 53.0 Å². The van der Waals surface area contributed by atoms with Gasteiger partial charge in [0.05, 0.1) is 0 Å². The molecule has 0 saturated carbocycles. The predicted octanol–water partition coefficient (Wildman–Crippen LogP) is 2.77. The van der Waals surface area contributed by atoms with Crippen molar-refractivity contribution in [2.75, 3.05) is 50.6 Å². The van der Waals surface area contributed by atoms with Crippen LogP contribution < -0.4 is 9.80 Å². The van der Waals surface area contributed by atoms with E-state index < -0.39 is 0 Å². The van der Waals surface area contributed by atoms with E-state index in [1.165, 1.54) is 5.56 Å². The molecule has 1 saturated heterocycles. The Kier molecular flexibility index (Phi) is 5.66. The number of benzene rings is 1. The fraction of sp³-hybridized carbons (Fsp3) is 0.400. The van der Waals surface area contributed by atoms with Gasteiger partial charge in [-0.15, -0.1) is 0 Å². The number of aromatic nitrogens is 2. The Morgan fingerprint density at radius 1 is 1.16 bits per heavy atom. The van der Waals surface area contributed by atoms with Gasteiger partial charge in [0.2, 0.25) is 5.95 Å². The van der Waals surface area contributed by atoms with Crippen LogP contribution in [0.1, 0.15) is 12.0 Å². The van der Waals surface area contributed by atoms with E-state index in [9.17, 15) is 0 Å². The zero-order chi connectivity index (χ0) is 17.6. The average molecular weight is 337 g/mol. The second-order valence-electron chi connectivity index (χ2n) is 6.74. The quantitative estimate of drug-likeness (QED) is 0.810. The van der Waals surface area contributed by atoms with Gasteiger partial charge in [-0.05, 0) is 18.1 Å². The summed E-state index contributed by atoms with van der Waals surface area (Å²) >= 11 is 0. The van der Waals surface area contributed by atoms with Crippen molar-refractivity contribution < 1.29 is 0 Å². The largest absolute Gasteiger partial charge is 0.363 e. The van der Waals surface area contributed by atoms with Gasteiger partial charge in [-0.3, -0.25) is 4.90 Å². The summed E-state index contributed by atoms with van der Waals surface area (Å²) in [5, 5.41) is 0. The van der Waals surface area contributed by atoms with Crippen LogP contribution >= 0.6 is 0 Å². The van der Waals surface area contributed by atoms with Gasteiger partial charge in [-0.2, -0.15) is 4.98 Å². The van der Waals surface area contributed by atoms with E-state index in [0.717, 1.165) is 37.8 Å². The number of rotatable bonds is 6. The molecule has 1 aliphatic rings. The summed E-state index contributed by atoms with van der Waals surface area (Å²) in [6.07, 6.45) is 7.43. The van der Waals surface area contributed by atoms with Crippen molar-refractivity contribution in [1.29, 1.82) is 0 Å². The van der Waals surface area contributed by atoms with Crippen LogP contribution in [0.5, 0.6) is 0 Å². The van der Waals surface area contributed by atoms with E-state index in [1.54, 1.807) is 0 Å². The van der Waals surface area contributed by atoms with Crippen LogP contribution in [0, 0.1) is 0 Å². The highest BCUT2D eigenvalue weighted by atomic mass is 15.3. The Morgan fingerprint density at radius 3 is 2.72 bits per heavy atom. The summed E-state index contributed by atoms with van der Waals surface area (Å²) in [4.78, 5) is 15.8. The van der Waals surface area contributed by atoms with Crippen molar-refractivity contribution >= 4 is 17.8 Å². The highest BCUT2D eigenvalue weighted by Gasteiger charge is 2.26. The van der Waals surface area contributed by atoms with E-state index in [1.807, 2.05) is 37.3 Å². The molecule has 1 fully saturated rings. The van der Waals surface area contributed by atoms with Crippen LogP contribution in [-0.4, -0.2) is 61.7 Å². The normalized spacial score (nSPS) is 18.0. The molecule has 1 atom stereocenters. The number of hydrogen-bond donors (Lipinski definition) is 0. The molecule has 0 spiro atoms. The Hall–Kier alpha value is -2.40. The standard InChI is InChI=1S/C20H27N5/c1-23(2)19-11-13-21-20(22-19)24(3)18-12-15-25(16-18)14-7-10-17-8-5-4-6-9-17/h4-11,13,18H,12,14-16H2,1-3H3/b10-7+. The molecule has 1 unspecified atom stereocenters. The highest BCUT2D eigenvalue weighted by Crippen LogP contribution is 2.20. The van der Waals surface area contributed by atoms with E-state index in [2.05, 4.69) is 63.2 Å². The molecule has 3 rings (SSSR count). The summed E-state index contributed by atoms with van der Waals surface area (Å²) in [7, 11) is 6.10. The molecular formula is C20H27N5. The number of nitrogens with zero attached hydrogens (tertiary/aromatic N) is 5. The third-order valence-corrected chi connectivity index (χ3v) is 4.67. The minimum Gasteiger partial charge on any atom is -0.363 e. The SMILES string of the molecule is CN(C)c1ccnc(N(C)C2CCN(C/C=C/c3ccccc3)C2)n1. The first-order chi connectivity index (χ1) is 12.1. The molecule has 0 aliphatic carbocycles. The first-order valence-electron chi connectivity index (χ1n) is 8.80. The second-order valence-corrected chi connectivity index (χ2v) is 6.74. The maximum absolute atomic E-state index is 4.65. The predicted molar refractivity (Wildman–Crippen MR) is 105 cm³/mol. The highest BCUT2D eigenvalue weighted by molar-refractivity contribution is 5.48. The van der Waals surface area contributed by atoms with Crippen molar-refractivity contribution in [3.63, 3.8) is 0 Å². The lowest BCUT2D eigenvalue weighted by Crippen LogP contribution is -2.35. The summed E-state index contributed by atoms with van der Waals surface area (Å²) in [5.41, 5.74) is 1.25. The van der Waals surface area contributed by atoms with Crippen LogP contribution in [0.2, 0.25) is 0 Å². The van der Waals surface area contributed by atoms with Crippen LogP contribution in [0.3, 0.4) is 0 Å². The number of anilines is 2. The number of hydrogen-bond acceptors (Lipinski definition) is 5. The minimum absolute atomic E-state index is 0.461. The molecular weight excluding hydrogens is 310 g/mol. The van der Waals surface area contributed by atoms with Crippen LogP contribution in [0.4, 0.5) is 11.8 Å². The van der Waals surface area contributed by atoms with Crippen LogP contribution in [0.15, 0.2) is 48.7 Å². The molecule has 0 N–H and O–H groups in total. The maximum Gasteiger partial charge on any atom is 0.227 e. The Bertz CT molecular complexity index is 698. The first kappa shape index (κ1) is 17.4. The van der Waals surface area contributed by atoms with Crippen LogP contribution in [0.25, 0.3) is 6.08 Å². The summed E-state index contributed by atoms with van der Waals surface area (Å²) in [5.74, 6) is 1.75. The van der Waals surface area contributed by atoms with E-state index in [4.69, 9.17) is 0 Å². The summed E-state index contributed by atoms with van der Waals surface area (Å²) < 4.78 is 0. The van der Waals surface area contributed by atoms with Crippen molar-refractivity contribution in [3.8, 4) is 0 Å². The van der Waals surface area contributed by atoms with E-state index in [-0.39, 0.29) is 0 Å². The zero-order valence-corrected chi connectivity index (χ0v) is 15.3. The van der Waals surface area contributed by atoms with Crippen molar-refractivity contribution in [1.82, 2.24) is 14.9 Å². The Morgan fingerprint density at radius 2 is 1.96 bits per heavy atom. The lowest BCUT2D eigenvalue weighted by Gasteiger charge is -2.25. The molecule has 2 aromatic rings. The van der Waals surface area contributed by atoms with E-state index >= 15 is 0 Å². The van der Waals surface area contributed by atoms with Crippen molar-refractivity contribution in [2.24, 2.45) is 0 Å². The molecule has 1 aliphatic heterocycles. The van der Waals surface area contributed by atoms with Gasteiger partial charge in [0.15, 0.2) is 0 Å². The lowest BCUT2D eigenvalue weighted by molar-refractivity contribution is 0.370. The molecule has 1 aromatic carbocycles. The van der Waals surface area contributed by atoms with Gasteiger partial charge in [0.1, 0.15) is 5.82 Å². The van der Waals surface area contributed by atoms with Gasteiger partial charge < -0.3 is 9.80 Å². The Labute approximate surface area is 150 Å². The van der Waals surface area contributed by atoms with E-state index in [0.29, 0.717) is 6.04 Å². The number of likely N-dealkylation sites (N-methyl/N-ethyl adjacent to an activating group) is 1. The molecule has 25 heavy (non-hydrogen) atoms. The third-order valence-electron chi connectivity index (χ3n) is 4.67. The smallest absolute Gasteiger partial charge is 0.227 e. The maximum atomic E-state index is 4.65. The van der Waals surface area contributed by atoms with Gasteiger partial charge in [-0.25, -0.2) is 4.98 Å². The monoisotopic (exact) mass is 337 g/mol. The summed E-state index contributed by atoms with van der Waals surface area (Å²) in [6.45, 7) is 3.14. The topological polar surface area (TPSA) is 35.5 Å². The molecule has 5 nitrogen and oxygen atoms in total. The second kappa shape index (κ2) is 8.12. The van der Waals surface area contributed by atoms with Gasteiger partial charge in [-0.1, -0.05) is 42.5 Å². The molecule has 5 heteroatoms. The average Bonchev–Trinajstić information content (AvgIpc) is 3.11. The van der Waals surface area contributed by atoms with Crippen molar-refractivity contribution in [3.05, 3.63) is 54.2 Å². The van der Waals surface area contributed by atoms with Crippen LogP contribution in [-0.2, 0) is 0 Å². The van der Waals surface area contributed by atoms with Crippen molar-refractivity contribution in [2.45, 2.75) is 12.5 Å². The lowest BCUT2D eigenvalue weighted by atomic mass is 10.2. The first-order valence-corrected chi connectivity index (χ1v) is 8.80. The molecule has 132 valence electrons. The minimum atomic E-state index is 0.461. The number of likely N-dealkylation sites (tertiary alicyclic amines) is 1. The molecule has 1 aromatic heterocycles. The summed E-state index contributed by atoms with van der Waals surface area (Å²) in [6, 6.07) is 12.9. The molecule has 0 bridgehead atoms. The zero-order valence-electron chi connectivity index (χ0n) is 15.3. The molecule has 2 heterocycles. The van der Waals surface area contributed by atoms with Gasteiger partial charge >= 0.3 is 0 Å². The van der Waals surface area contributed by atoms with Gasteiger partial charge in [0.25, 0.3) is 0 Å². The fourth-order valence-electron chi connectivity index (χ4n) is 3.12. The third kappa shape index (κ3) is 4.57.